The Bertz CT molecular complexity index is 878. The van der Waals surface area contributed by atoms with Gasteiger partial charge in [-0.25, -0.2) is 13.1 Å². The van der Waals surface area contributed by atoms with Crippen LogP contribution in [-0.2, 0) is 21.3 Å². The van der Waals surface area contributed by atoms with E-state index in [1.807, 2.05) is 6.92 Å². The standard InChI is InChI=1S/C17H20N4O4S/c1-12-8-19-15(9-18-12)10-20-17(22)13-3-2-4-16(7-13)26(23,24)21-14-5-6-25-11-14/h2-4,7-9,14,21H,5-6,10-11H2,1H3,(H,20,22)/t14-/m0/s1. The molecule has 0 aliphatic carbocycles. The van der Waals surface area contributed by atoms with E-state index in [2.05, 4.69) is 20.0 Å². The Morgan fingerprint density at radius 1 is 1.31 bits per heavy atom. The summed E-state index contributed by atoms with van der Waals surface area (Å²) in [5, 5.41) is 2.71. The van der Waals surface area contributed by atoms with Gasteiger partial charge in [-0.15, -0.1) is 0 Å². The van der Waals surface area contributed by atoms with Crippen molar-refractivity contribution in [3.8, 4) is 0 Å². The van der Waals surface area contributed by atoms with Crippen LogP contribution < -0.4 is 10.0 Å². The number of sulfonamides is 1. The number of hydrogen-bond acceptors (Lipinski definition) is 6. The van der Waals surface area contributed by atoms with E-state index in [-0.39, 0.29) is 29.0 Å². The van der Waals surface area contributed by atoms with Gasteiger partial charge in [0.2, 0.25) is 10.0 Å². The zero-order valence-electron chi connectivity index (χ0n) is 14.3. The molecule has 1 saturated heterocycles. The molecule has 26 heavy (non-hydrogen) atoms. The predicted molar refractivity (Wildman–Crippen MR) is 93.9 cm³/mol. The monoisotopic (exact) mass is 376 g/mol. The van der Waals surface area contributed by atoms with E-state index in [0.29, 0.717) is 25.3 Å². The number of amides is 1. The maximum absolute atomic E-state index is 12.5. The summed E-state index contributed by atoms with van der Waals surface area (Å²) in [4.78, 5) is 20.6. The van der Waals surface area contributed by atoms with Gasteiger partial charge in [-0.1, -0.05) is 6.07 Å². The minimum absolute atomic E-state index is 0.0483. The number of carbonyl (C=O) groups is 1. The summed E-state index contributed by atoms with van der Waals surface area (Å²) in [6, 6.07) is 5.68. The molecule has 0 radical (unpaired) electrons. The van der Waals surface area contributed by atoms with Crippen molar-refractivity contribution < 1.29 is 17.9 Å². The van der Waals surface area contributed by atoms with Crippen LogP contribution in [-0.4, -0.2) is 43.5 Å². The lowest BCUT2D eigenvalue weighted by Crippen LogP contribution is -2.35. The Hall–Kier alpha value is -2.36. The van der Waals surface area contributed by atoms with Crippen LogP contribution in [0.3, 0.4) is 0 Å². The van der Waals surface area contributed by atoms with E-state index >= 15 is 0 Å². The number of rotatable bonds is 6. The van der Waals surface area contributed by atoms with Crippen molar-refractivity contribution in [3.05, 3.63) is 53.6 Å². The molecule has 1 fully saturated rings. The van der Waals surface area contributed by atoms with Crippen molar-refractivity contribution in [2.45, 2.75) is 30.8 Å². The highest BCUT2D eigenvalue weighted by atomic mass is 32.2. The molecular weight excluding hydrogens is 356 g/mol. The molecule has 2 heterocycles. The van der Waals surface area contributed by atoms with Gasteiger partial charge in [-0.05, 0) is 31.5 Å². The molecule has 0 saturated carbocycles. The van der Waals surface area contributed by atoms with Crippen molar-refractivity contribution >= 4 is 15.9 Å². The number of ether oxygens (including phenoxy) is 1. The molecule has 1 aliphatic rings. The molecule has 1 atom stereocenters. The van der Waals surface area contributed by atoms with Crippen molar-refractivity contribution in [1.29, 1.82) is 0 Å². The second-order valence-corrected chi connectivity index (χ2v) is 7.76. The Kier molecular flexibility index (Phi) is 5.60. The summed E-state index contributed by atoms with van der Waals surface area (Å²) in [5.41, 5.74) is 1.67. The maximum atomic E-state index is 12.5. The van der Waals surface area contributed by atoms with Gasteiger partial charge >= 0.3 is 0 Å². The first-order valence-corrected chi connectivity index (χ1v) is 9.68. The summed E-state index contributed by atoms with van der Waals surface area (Å²) in [6.45, 7) is 2.93. The second-order valence-electron chi connectivity index (χ2n) is 6.04. The van der Waals surface area contributed by atoms with Crippen molar-refractivity contribution in [1.82, 2.24) is 20.0 Å². The van der Waals surface area contributed by atoms with E-state index in [1.165, 1.54) is 12.1 Å². The lowest BCUT2D eigenvalue weighted by molar-refractivity contribution is 0.0950. The van der Waals surface area contributed by atoms with Crippen molar-refractivity contribution in [2.24, 2.45) is 0 Å². The van der Waals surface area contributed by atoms with Gasteiger partial charge in [0.1, 0.15) is 0 Å². The molecule has 2 N–H and O–H groups in total. The van der Waals surface area contributed by atoms with Crippen LogP contribution in [0.25, 0.3) is 0 Å². The third-order valence-electron chi connectivity index (χ3n) is 3.92. The summed E-state index contributed by atoms with van der Waals surface area (Å²) in [5.74, 6) is -0.381. The zero-order valence-corrected chi connectivity index (χ0v) is 15.1. The number of nitrogens with one attached hydrogen (secondary N) is 2. The van der Waals surface area contributed by atoms with E-state index < -0.39 is 10.0 Å². The molecule has 1 aromatic heterocycles. The molecule has 0 spiro atoms. The van der Waals surface area contributed by atoms with Gasteiger partial charge in [0, 0.05) is 24.4 Å². The molecule has 8 nitrogen and oxygen atoms in total. The van der Waals surface area contributed by atoms with Crippen LogP contribution in [0.4, 0.5) is 0 Å². The highest BCUT2D eigenvalue weighted by Crippen LogP contribution is 2.14. The van der Waals surface area contributed by atoms with E-state index in [9.17, 15) is 13.2 Å². The van der Waals surface area contributed by atoms with Gasteiger partial charge in [0.25, 0.3) is 5.91 Å². The SMILES string of the molecule is Cc1cnc(CNC(=O)c2cccc(S(=O)(=O)N[C@H]3CCOC3)c2)cn1. The summed E-state index contributed by atoms with van der Waals surface area (Å²) < 4.78 is 32.7. The first kappa shape index (κ1) is 18.4. The quantitative estimate of drug-likeness (QED) is 0.771. The minimum Gasteiger partial charge on any atom is -0.380 e. The number of carbonyl (C=O) groups excluding carboxylic acids is 1. The van der Waals surface area contributed by atoms with Crippen LogP contribution in [0.1, 0.15) is 28.2 Å². The van der Waals surface area contributed by atoms with Crippen LogP contribution in [0, 0.1) is 6.92 Å². The largest absolute Gasteiger partial charge is 0.380 e. The normalized spacial score (nSPS) is 17.2. The molecule has 1 aromatic carbocycles. The van der Waals surface area contributed by atoms with E-state index in [0.717, 1.165) is 5.69 Å². The molecule has 3 rings (SSSR count). The number of aromatic nitrogens is 2. The first-order valence-electron chi connectivity index (χ1n) is 8.20. The Balaban J connectivity index is 1.67. The van der Waals surface area contributed by atoms with Crippen LogP contribution >= 0.6 is 0 Å². The Morgan fingerprint density at radius 2 is 2.15 bits per heavy atom. The smallest absolute Gasteiger partial charge is 0.251 e. The third-order valence-corrected chi connectivity index (χ3v) is 5.44. The van der Waals surface area contributed by atoms with Crippen LogP contribution in [0.15, 0.2) is 41.6 Å². The van der Waals surface area contributed by atoms with E-state index in [1.54, 1.807) is 24.5 Å². The van der Waals surface area contributed by atoms with Crippen LogP contribution in [0.2, 0.25) is 0 Å². The van der Waals surface area contributed by atoms with Gasteiger partial charge in [-0.3, -0.25) is 14.8 Å². The molecule has 1 aliphatic heterocycles. The molecule has 0 unspecified atom stereocenters. The topological polar surface area (TPSA) is 110 Å². The highest BCUT2D eigenvalue weighted by Gasteiger charge is 2.24. The van der Waals surface area contributed by atoms with Crippen molar-refractivity contribution in [2.75, 3.05) is 13.2 Å². The number of nitrogens with zero attached hydrogens (tertiary/aromatic N) is 2. The lowest BCUT2D eigenvalue weighted by atomic mass is 10.2. The first-order chi connectivity index (χ1) is 12.4. The van der Waals surface area contributed by atoms with Gasteiger partial charge in [0.15, 0.2) is 0 Å². The molecule has 2 aromatic rings. The molecule has 0 bridgehead atoms. The number of benzene rings is 1. The third kappa shape index (κ3) is 4.63. The zero-order chi connectivity index (χ0) is 18.6. The lowest BCUT2D eigenvalue weighted by Gasteiger charge is -2.12. The maximum Gasteiger partial charge on any atom is 0.251 e. The van der Waals surface area contributed by atoms with Crippen molar-refractivity contribution in [3.63, 3.8) is 0 Å². The van der Waals surface area contributed by atoms with Gasteiger partial charge in [0.05, 0.1) is 35.6 Å². The molecule has 9 heteroatoms. The molecule has 138 valence electrons. The summed E-state index contributed by atoms with van der Waals surface area (Å²) >= 11 is 0. The predicted octanol–water partition coefficient (Wildman–Crippen LogP) is 0.782. The second kappa shape index (κ2) is 7.90. The van der Waals surface area contributed by atoms with Gasteiger partial charge < -0.3 is 10.1 Å². The number of hydrogen-bond donors (Lipinski definition) is 2. The minimum atomic E-state index is -3.70. The highest BCUT2D eigenvalue weighted by molar-refractivity contribution is 7.89. The average Bonchev–Trinajstić information content (AvgIpc) is 3.13. The fourth-order valence-electron chi connectivity index (χ4n) is 2.50. The fraction of sp³-hybridized carbons (Fsp3) is 0.353. The Labute approximate surface area is 152 Å². The summed E-state index contributed by atoms with van der Waals surface area (Å²) in [6.07, 6.45) is 3.84. The van der Waals surface area contributed by atoms with E-state index in [4.69, 9.17) is 4.74 Å². The summed E-state index contributed by atoms with van der Waals surface area (Å²) in [7, 11) is -3.70. The molecule has 1 amide bonds. The number of aryl methyl sites for hydroxylation is 1. The fourth-order valence-corrected chi connectivity index (χ4v) is 3.80. The Morgan fingerprint density at radius 3 is 2.85 bits per heavy atom. The molecular formula is C17H20N4O4S. The van der Waals surface area contributed by atoms with Gasteiger partial charge in [-0.2, -0.15) is 0 Å². The average molecular weight is 376 g/mol. The van der Waals surface area contributed by atoms with Crippen LogP contribution in [0.5, 0.6) is 0 Å².